The van der Waals surface area contributed by atoms with Gasteiger partial charge in [-0.05, 0) is 37.1 Å². The maximum atomic E-state index is 4.49. The summed E-state index contributed by atoms with van der Waals surface area (Å²) >= 11 is 0. The van der Waals surface area contributed by atoms with Crippen LogP contribution in [0.5, 0.6) is 0 Å². The molecule has 1 atom stereocenters. The third kappa shape index (κ3) is 5.95. The van der Waals surface area contributed by atoms with Gasteiger partial charge in [0.1, 0.15) is 0 Å². The fourth-order valence-electron chi connectivity index (χ4n) is 4.14. The summed E-state index contributed by atoms with van der Waals surface area (Å²) in [6.07, 6.45) is 6.57. The SMILES string of the molecule is CN=C(NCc1cnn(Cc2ccccc2)c1)NCC(c1ccccc1)N1CCCC1. The second-order valence-corrected chi connectivity index (χ2v) is 8.01. The van der Waals surface area contributed by atoms with E-state index in [1.807, 2.05) is 24.0 Å². The highest BCUT2D eigenvalue weighted by atomic mass is 15.3. The van der Waals surface area contributed by atoms with E-state index in [0.717, 1.165) is 37.7 Å². The largest absolute Gasteiger partial charge is 0.354 e. The van der Waals surface area contributed by atoms with Gasteiger partial charge in [0.2, 0.25) is 0 Å². The van der Waals surface area contributed by atoms with Gasteiger partial charge in [-0.3, -0.25) is 14.6 Å². The van der Waals surface area contributed by atoms with Crippen LogP contribution < -0.4 is 10.6 Å². The Morgan fingerprint density at radius 2 is 1.68 bits per heavy atom. The van der Waals surface area contributed by atoms with Crippen LogP contribution in [-0.2, 0) is 13.1 Å². The van der Waals surface area contributed by atoms with Crippen molar-refractivity contribution in [1.29, 1.82) is 0 Å². The van der Waals surface area contributed by atoms with Crippen molar-refractivity contribution in [1.82, 2.24) is 25.3 Å². The van der Waals surface area contributed by atoms with E-state index < -0.39 is 0 Å². The molecule has 1 aliphatic heterocycles. The fraction of sp³-hybridized carbons (Fsp3) is 0.360. The minimum absolute atomic E-state index is 0.357. The normalized spacial score (nSPS) is 15.7. The molecule has 1 fully saturated rings. The molecule has 2 N–H and O–H groups in total. The minimum atomic E-state index is 0.357. The van der Waals surface area contributed by atoms with Gasteiger partial charge in [0.25, 0.3) is 0 Å². The molecule has 0 bridgehead atoms. The molecule has 6 heteroatoms. The number of nitrogens with zero attached hydrogens (tertiary/aromatic N) is 4. The lowest BCUT2D eigenvalue weighted by molar-refractivity contribution is 0.245. The molecule has 0 aliphatic carbocycles. The number of guanidine groups is 1. The molecule has 1 aromatic heterocycles. The molecule has 2 aromatic carbocycles. The molecular weight excluding hydrogens is 384 g/mol. The lowest BCUT2D eigenvalue weighted by Gasteiger charge is -2.28. The third-order valence-corrected chi connectivity index (χ3v) is 5.79. The summed E-state index contributed by atoms with van der Waals surface area (Å²) in [6, 6.07) is 21.5. The van der Waals surface area contributed by atoms with E-state index in [9.17, 15) is 0 Å². The molecule has 31 heavy (non-hydrogen) atoms. The van der Waals surface area contributed by atoms with Gasteiger partial charge in [-0.2, -0.15) is 5.10 Å². The van der Waals surface area contributed by atoms with Crippen LogP contribution in [0.2, 0.25) is 0 Å². The molecule has 0 spiro atoms. The highest BCUT2D eigenvalue weighted by Crippen LogP contribution is 2.24. The average Bonchev–Trinajstić information content (AvgIpc) is 3.50. The summed E-state index contributed by atoms with van der Waals surface area (Å²) in [4.78, 5) is 6.99. The van der Waals surface area contributed by atoms with Crippen LogP contribution >= 0.6 is 0 Å². The molecule has 162 valence electrons. The zero-order valence-electron chi connectivity index (χ0n) is 18.2. The van der Waals surface area contributed by atoms with Crippen LogP contribution in [0.1, 0.15) is 35.6 Å². The Kier molecular flexibility index (Phi) is 7.34. The zero-order valence-corrected chi connectivity index (χ0v) is 18.2. The van der Waals surface area contributed by atoms with Crippen molar-refractivity contribution >= 4 is 5.96 Å². The molecule has 1 saturated heterocycles. The van der Waals surface area contributed by atoms with Crippen molar-refractivity contribution in [2.24, 2.45) is 4.99 Å². The van der Waals surface area contributed by atoms with Crippen molar-refractivity contribution < 1.29 is 0 Å². The fourth-order valence-corrected chi connectivity index (χ4v) is 4.14. The first-order valence-electron chi connectivity index (χ1n) is 11.1. The summed E-state index contributed by atoms with van der Waals surface area (Å²) in [5, 5.41) is 11.5. The molecule has 3 aromatic rings. The third-order valence-electron chi connectivity index (χ3n) is 5.79. The standard InChI is InChI=1S/C25H32N6/c1-26-25(27-16-22-17-29-31(20-22)19-21-10-4-2-5-11-21)28-18-24(30-14-8-9-15-30)23-12-6-3-7-13-23/h2-7,10-13,17,20,24H,8-9,14-16,18-19H2,1H3,(H2,26,27,28). The summed E-state index contributed by atoms with van der Waals surface area (Å²) in [6.45, 7) is 4.62. The van der Waals surface area contributed by atoms with Crippen molar-refractivity contribution in [2.75, 3.05) is 26.7 Å². The van der Waals surface area contributed by atoms with Gasteiger partial charge in [0, 0.05) is 31.9 Å². The summed E-state index contributed by atoms with van der Waals surface area (Å²) in [5.74, 6) is 0.816. The van der Waals surface area contributed by atoms with Crippen molar-refractivity contribution in [3.63, 3.8) is 0 Å². The number of aromatic nitrogens is 2. The number of hydrogen-bond acceptors (Lipinski definition) is 3. The van der Waals surface area contributed by atoms with Gasteiger partial charge in [0.05, 0.1) is 18.8 Å². The maximum absolute atomic E-state index is 4.49. The van der Waals surface area contributed by atoms with Crippen LogP contribution in [0.4, 0.5) is 0 Å². The summed E-state index contributed by atoms with van der Waals surface area (Å²) in [7, 11) is 1.82. The Labute approximate surface area is 185 Å². The molecule has 2 heterocycles. The molecule has 6 nitrogen and oxygen atoms in total. The second kappa shape index (κ2) is 10.8. The van der Waals surface area contributed by atoms with E-state index >= 15 is 0 Å². The number of likely N-dealkylation sites (tertiary alicyclic amines) is 1. The number of benzene rings is 2. The predicted molar refractivity (Wildman–Crippen MR) is 126 cm³/mol. The van der Waals surface area contributed by atoms with Gasteiger partial charge < -0.3 is 10.6 Å². The lowest BCUT2D eigenvalue weighted by Crippen LogP contribution is -2.42. The topological polar surface area (TPSA) is 57.5 Å². The van der Waals surface area contributed by atoms with Crippen molar-refractivity contribution in [3.8, 4) is 0 Å². The van der Waals surface area contributed by atoms with E-state index in [-0.39, 0.29) is 0 Å². The molecule has 0 saturated carbocycles. The maximum Gasteiger partial charge on any atom is 0.191 e. The van der Waals surface area contributed by atoms with Gasteiger partial charge in [-0.1, -0.05) is 60.7 Å². The molecule has 0 amide bonds. The highest BCUT2D eigenvalue weighted by Gasteiger charge is 2.23. The summed E-state index contributed by atoms with van der Waals surface area (Å²) in [5.41, 5.74) is 3.74. The van der Waals surface area contributed by atoms with Gasteiger partial charge in [-0.15, -0.1) is 0 Å². The molecular formula is C25H32N6. The van der Waals surface area contributed by atoms with Crippen LogP contribution in [-0.4, -0.2) is 47.3 Å². The Bertz CT molecular complexity index is 944. The van der Waals surface area contributed by atoms with E-state index in [1.54, 1.807) is 0 Å². The van der Waals surface area contributed by atoms with E-state index in [0.29, 0.717) is 12.6 Å². The first-order chi connectivity index (χ1) is 15.3. The Morgan fingerprint density at radius 1 is 0.968 bits per heavy atom. The quantitative estimate of drug-likeness (QED) is 0.436. The minimum Gasteiger partial charge on any atom is -0.354 e. The number of nitrogens with one attached hydrogen (secondary N) is 2. The van der Waals surface area contributed by atoms with Crippen molar-refractivity contribution in [3.05, 3.63) is 89.7 Å². The van der Waals surface area contributed by atoms with Crippen LogP contribution in [0.15, 0.2) is 78.0 Å². The van der Waals surface area contributed by atoms with Crippen molar-refractivity contribution in [2.45, 2.75) is 32.0 Å². The van der Waals surface area contributed by atoms with Gasteiger partial charge >= 0.3 is 0 Å². The van der Waals surface area contributed by atoms with Crippen LogP contribution in [0.25, 0.3) is 0 Å². The lowest BCUT2D eigenvalue weighted by atomic mass is 10.1. The molecule has 0 radical (unpaired) electrons. The highest BCUT2D eigenvalue weighted by molar-refractivity contribution is 5.79. The van der Waals surface area contributed by atoms with Gasteiger partial charge in [0.15, 0.2) is 5.96 Å². The Balaban J connectivity index is 1.31. The van der Waals surface area contributed by atoms with E-state index in [4.69, 9.17) is 0 Å². The molecule has 4 rings (SSSR count). The van der Waals surface area contributed by atoms with Crippen LogP contribution in [0.3, 0.4) is 0 Å². The average molecular weight is 417 g/mol. The molecule has 1 aliphatic rings. The predicted octanol–water partition coefficient (Wildman–Crippen LogP) is 3.43. The number of hydrogen-bond donors (Lipinski definition) is 2. The number of rotatable bonds is 8. The second-order valence-electron chi connectivity index (χ2n) is 8.01. The molecule has 1 unspecified atom stereocenters. The van der Waals surface area contributed by atoms with Gasteiger partial charge in [-0.25, -0.2) is 0 Å². The number of aliphatic imine (C=N–C) groups is 1. The van der Waals surface area contributed by atoms with E-state index in [1.165, 1.54) is 24.0 Å². The summed E-state index contributed by atoms with van der Waals surface area (Å²) < 4.78 is 1.97. The Hall–Kier alpha value is -3.12. The van der Waals surface area contributed by atoms with Crippen LogP contribution in [0, 0.1) is 0 Å². The smallest absolute Gasteiger partial charge is 0.191 e. The zero-order chi connectivity index (χ0) is 21.3. The Morgan fingerprint density at radius 3 is 2.39 bits per heavy atom. The first kappa shape index (κ1) is 21.1. The van der Waals surface area contributed by atoms with E-state index in [2.05, 4.69) is 86.4 Å². The first-order valence-corrected chi connectivity index (χ1v) is 11.1. The monoisotopic (exact) mass is 416 g/mol.